The van der Waals surface area contributed by atoms with Gasteiger partial charge in [0.1, 0.15) is 0 Å². The van der Waals surface area contributed by atoms with E-state index in [4.69, 9.17) is 0 Å². The first-order valence-electron chi connectivity index (χ1n) is 7.56. The van der Waals surface area contributed by atoms with Crippen molar-refractivity contribution >= 4 is 5.69 Å². The van der Waals surface area contributed by atoms with Crippen molar-refractivity contribution in [1.82, 2.24) is 5.32 Å². The Hall–Kier alpha value is -1.02. The van der Waals surface area contributed by atoms with Crippen molar-refractivity contribution in [2.75, 3.05) is 31.6 Å². The molecule has 2 rings (SSSR count). The molecule has 1 aromatic carbocycles. The predicted molar refractivity (Wildman–Crippen MR) is 83.8 cm³/mol. The van der Waals surface area contributed by atoms with E-state index in [9.17, 15) is 0 Å². The van der Waals surface area contributed by atoms with Gasteiger partial charge in [0.2, 0.25) is 0 Å². The Morgan fingerprint density at radius 3 is 2.74 bits per heavy atom. The Morgan fingerprint density at radius 1 is 1.32 bits per heavy atom. The largest absolute Gasteiger partial charge is 0.371 e. The molecule has 0 amide bonds. The number of hydrogen-bond acceptors (Lipinski definition) is 2. The van der Waals surface area contributed by atoms with Crippen LogP contribution in [-0.2, 0) is 6.42 Å². The van der Waals surface area contributed by atoms with E-state index in [0.717, 1.165) is 18.9 Å². The highest BCUT2D eigenvalue weighted by molar-refractivity contribution is 5.54. The van der Waals surface area contributed by atoms with Gasteiger partial charge in [-0.05, 0) is 49.4 Å². The first-order valence-corrected chi connectivity index (χ1v) is 7.56. The number of nitrogens with zero attached hydrogens (tertiary/aromatic N) is 1. The van der Waals surface area contributed by atoms with Crippen molar-refractivity contribution in [3.05, 3.63) is 29.8 Å². The SMILES string of the molecule is CCc1ccccc1N1CCC(C)(C)C(CNC)C1. The molecule has 1 aliphatic rings. The van der Waals surface area contributed by atoms with E-state index < -0.39 is 0 Å². The van der Waals surface area contributed by atoms with Crippen LogP contribution >= 0.6 is 0 Å². The lowest BCUT2D eigenvalue weighted by atomic mass is 9.73. The molecular weight excluding hydrogens is 232 g/mol. The summed E-state index contributed by atoms with van der Waals surface area (Å²) >= 11 is 0. The molecule has 1 atom stereocenters. The fraction of sp³-hybridized carbons (Fsp3) is 0.647. The molecule has 2 nitrogen and oxygen atoms in total. The quantitative estimate of drug-likeness (QED) is 0.893. The van der Waals surface area contributed by atoms with E-state index in [1.165, 1.54) is 30.8 Å². The van der Waals surface area contributed by atoms with Crippen LogP contribution < -0.4 is 10.2 Å². The van der Waals surface area contributed by atoms with E-state index in [-0.39, 0.29) is 0 Å². The fourth-order valence-corrected chi connectivity index (χ4v) is 3.16. The summed E-state index contributed by atoms with van der Waals surface area (Å²) in [5, 5.41) is 3.37. The first-order chi connectivity index (χ1) is 9.08. The summed E-state index contributed by atoms with van der Waals surface area (Å²) in [4.78, 5) is 2.59. The molecule has 19 heavy (non-hydrogen) atoms. The van der Waals surface area contributed by atoms with Crippen LogP contribution in [0.1, 0.15) is 32.8 Å². The number of para-hydroxylation sites is 1. The summed E-state index contributed by atoms with van der Waals surface area (Å²) in [5.74, 6) is 0.719. The van der Waals surface area contributed by atoms with Crippen LogP contribution in [0.2, 0.25) is 0 Å². The van der Waals surface area contributed by atoms with Crippen LogP contribution in [0.4, 0.5) is 5.69 Å². The Labute approximate surface area is 118 Å². The van der Waals surface area contributed by atoms with Crippen molar-refractivity contribution in [2.24, 2.45) is 11.3 Å². The molecule has 0 radical (unpaired) electrons. The Bertz CT molecular complexity index is 411. The highest BCUT2D eigenvalue weighted by Crippen LogP contribution is 2.37. The van der Waals surface area contributed by atoms with Crippen molar-refractivity contribution < 1.29 is 0 Å². The van der Waals surface area contributed by atoms with Gasteiger partial charge >= 0.3 is 0 Å². The number of piperidine rings is 1. The Morgan fingerprint density at radius 2 is 2.05 bits per heavy atom. The third kappa shape index (κ3) is 3.11. The number of nitrogens with one attached hydrogen (secondary N) is 1. The van der Waals surface area contributed by atoms with Crippen LogP contribution in [-0.4, -0.2) is 26.7 Å². The molecule has 0 aromatic heterocycles. The van der Waals surface area contributed by atoms with E-state index in [1.54, 1.807) is 0 Å². The van der Waals surface area contributed by atoms with E-state index in [2.05, 4.69) is 62.3 Å². The fourth-order valence-electron chi connectivity index (χ4n) is 3.16. The zero-order valence-electron chi connectivity index (χ0n) is 12.9. The van der Waals surface area contributed by atoms with Crippen molar-refractivity contribution in [1.29, 1.82) is 0 Å². The van der Waals surface area contributed by atoms with Gasteiger partial charge in [-0.1, -0.05) is 39.0 Å². The molecule has 1 aromatic rings. The van der Waals surface area contributed by atoms with Gasteiger partial charge in [-0.3, -0.25) is 0 Å². The van der Waals surface area contributed by atoms with Gasteiger partial charge in [-0.25, -0.2) is 0 Å². The molecule has 1 aliphatic heterocycles. The maximum Gasteiger partial charge on any atom is 0.0398 e. The van der Waals surface area contributed by atoms with Crippen molar-refractivity contribution in [3.8, 4) is 0 Å². The molecule has 0 bridgehead atoms. The minimum Gasteiger partial charge on any atom is -0.371 e. The number of benzene rings is 1. The topological polar surface area (TPSA) is 15.3 Å². The summed E-state index contributed by atoms with van der Waals surface area (Å²) in [7, 11) is 2.06. The van der Waals surface area contributed by atoms with Crippen molar-refractivity contribution in [3.63, 3.8) is 0 Å². The van der Waals surface area contributed by atoms with Gasteiger partial charge in [0.05, 0.1) is 0 Å². The standard InChI is InChI=1S/C17H28N2/c1-5-14-8-6-7-9-16(14)19-11-10-17(2,3)15(13-19)12-18-4/h6-9,15,18H,5,10-13H2,1-4H3. The molecule has 0 saturated carbocycles. The second-order valence-corrected chi connectivity index (χ2v) is 6.42. The molecule has 2 heteroatoms. The zero-order valence-corrected chi connectivity index (χ0v) is 12.9. The zero-order chi connectivity index (χ0) is 13.9. The molecule has 0 spiro atoms. The summed E-state index contributed by atoms with van der Waals surface area (Å²) in [5.41, 5.74) is 3.37. The number of rotatable bonds is 4. The summed E-state index contributed by atoms with van der Waals surface area (Å²) in [6.45, 7) is 10.5. The third-order valence-electron chi connectivity index (χ3n) is 4.74. The summed E-state index contributed by atoms with van der Waals surface area (Å²) in [6.07, 6.45) is 2.39. The minimum atomic E-state index is 0.445. The minimum absolute atomic E-state index is 0.445. The summed E-state index contributed by atoms with van der Waals surface area (Å²) < 4.78 is 0. The summed E-state index contributed by atoms with van der Waals surface area (Å²) in [6, 6.07) is 8.87. The Balaban J connectivity index is 2.18. The molecule has 1 unspecified atom stereocenters. The molecule has 1 fully saturated rings. The van der Waals surface area contributed by atoms with Crippen LogP contribution in [0, 0.1) is 11.3 Å². The van der Waals surface area contributed by atoms with Crippen LogP contribution in [0.15, 0.2) is 24.3 Å². The number of hydrogen-bond donors (Lipinski definition) is 1. The smallest absolute Gasteiger partial charge is 0.0398 e. The van der Waals surface area contributed by atoms with Gasteiger partial charge in [-0.2, -0.15) is 0 Å². The lowest BCUT2D eigenvalue weighted by molar-refractivity contribution is 0.169. The maximum absolute atomic E-state index is 3.37. The molecule has 1 heterocycles. The average molecular weight is 260 g/mol. The second-order valence-electron chi connectivity index (χ2n) is 6.42. The van der Waals surface area contributed by atoms with Crippen LogP contribution in [0.3, 0.4) is 0 Å². The number of aryl methyl sites for hydroxylation is 1. The van der Waals surface area contributed by atoms with E-state index >= 15 is 0 Å². The van der Waals surface area contributed by atoms with Gasteiger partial charge in [0.15, 0.2) is 0 Å². The predicted octanol–water partition coefficient (Wildman–Crippen LogP) is 3.32. The average Bonchev–Trinajstić information content (AvgIpc) is 2.41. The monoisotopic (exact) mass is 260 g/mol. The van der Waals surface area contributed by atoms with Crippen LogP contribution in [0.25, 0.3) is 0 Å². The van der Waals surface area contributed by atoms with Gasteiger partial charge < -0.3 is 10.2 Å². The molecule has 1 saturated heterocycles. The Kier molecular flexibility index (Phi) is 4.51. The normalized spacial score (nSPS) is 22.5. The van der Waals surface area contributed by atoms with Crippen molar-refractivity contribution in [2.45, 2.75) is 33.6 Å². The maximum atomic E-state index is 3.37. The second kappa shape index (κ2) is 5.96. The molecule has 0 aliphatic carbocycles. The van der Waals surface area contributed by atoms with Gasteiger partial charge in [0, 0.05) is 18.8 Å². The van der Waals surface area contributed by atoms with Crippen LogP contribution in [0.5, 0.6) is 0 Å². The molecule has 1 N–H and O–H groups in total. The highest BCUT2D eigenvalue weighted by atomic mass is 15.1. The molecule has 106 valence electrons. The van der Waals surface area contributed by atoms with Gasteiger partial charge in [-0.15, -0.1) is 0 Å². The van der Waals surface area contributed by atoms with Gasteiger partial charge in [0.25, 0.3) is 0 Å². The lowest BCUT2D eigenvalue weighted by Gasteiger charge is -2.45. The highest BCUT2D eigenvalue weighted by Gasteiger charge is 2.35. The first kappa shape index (κ1) is 14.4. The lowest BCUT2D eigenvalue weighted by Crippen LogP contribution is -2.48. The number of anilines is 1. The third-order valence-corrected chi connectivity index (χ3v) is 4.74. The molecular formula is C17H28N2. The van der Waals surface area contributed by atoms with E-state index in [1.807, 2.05) is 0 Å². The van der Waals surface area contributed by atoms with E-state index in [0.29, 0.717) is 5.41 Å².